The van der Waals surface area contributed by atoms with Crippen LogP contribution in [0, 0.1) is 0 Å². The highest BCUT2D eigenvalue weighted by Gasteiger charge is 2.09. The van der Waals surface area contributed by atoms with E-state index in [2.05, 4.69) is 0 Å². The summed E-state index contributed by atoms with van der Waals surface area (Å²) < 4.78 is 15.5. The zero-order valence-electron chi connectivity index (χ0n) is 8.44. The SMILES string of the molecule is COc1cc2cc(C=O)oc2cc1OC. The lowest BCUT2D eigenvalue weighted by Crippen LogP contribution is -1.89. The number of methoxy groups -OCH3 is 2. The summed E-state index contributed by atoms with van der Waals surface area (Å²) in [6, 6.07) is 5.12. The third-order valence-corrected chi connectivity index (χ3v) is 2.16. The van der Waals surface area contributed by atoms with Gasteiger partial charge in [-0.15, -0.1) is 0 Å². The predicted molar refractivity (Wildman–Crippen MR) is 54.7 cm³/mol. The van der Waals surface area contributed by atoms with Gasteiger partial charge in [0.15, 0.2) is 23.5 Å². The largest absolute Gasteiger partial charge is 0.493 e. The first-order valence-corrected chi connectivity index (χ1v) is 4.39. The molecule has 0 amide bonds. The Morgan fingerprint density at radius 1 is 1.13 bits per heavy atom. The standard InChI is InChI=1S/C11H10O4/c1-13-10-4-7-3-8(6-12)15-9(7)5-11(10)14-2/h3-6H,1-2H3. The molecule has 0 atom stereocenters. The molecule has 0 N–H and O–H groups in total. The lowest BCUT2D eigenvalue weighted by molar-refractivity contribution is 0.110. The third kappa shape index (κ3) is 1.54. The molecule has 0 fully saturated rings. The van der Waals surface area contributed by atoms with Gasteiger partial charge in [0.2, 0.25) is 0 Å². The van der Waals surface area contributed by atoms with Crippen LogP contribution in [0.4, 0.5) is 0 Å². The second kappa shape index (κ2) is 3.65. The minimum absolute atomic E-state index is 0.292. The fourth-order valence-electron chi connectivity index (χ4n) is 1.45. The Morgan fingerprint density at radius 3 is 2.40 bits per heavy atom. The second-order valence-electron chi connectivity index (χ2n) is 3.01. The first-order valence-electron chi connectivity index (χ1n) is 4.39. The Bertz CT molecular complexity index is 458. The Balaban J connectivity index is 2.66. The quantitative estimate of drug-likeness (QED) is 0.723. The minimum atomic E-state index is 0.292. The molecule has 0 aliphatic heterocycles. The zero-order chi connectivity index (χ0) is 10.8. The van der Waals surface area contributed by atoms with Gasteiger partial charge in [-0.25, -0.2) is 0 Å². The highest BCUT2D eigenvalue weighted by Crippen LogP contribution is 2.33. The molecule has 1 heterocycles. The van der Waals surface area contributed by atoms with E-state index in [4.69, 9.17) is 13.9 Å². The smallest absolute Gasteiger partial charge is 0.185 e. The van der Waals surface area contributed by atoms with Gasteiger partial charge in [0, 0.05) is 11.5 Å². The van der Waals surface area contributed by atoms with Gasteiger partial charge in [-0.05, 0) is 12.1 Å². The van der Waals surface area contributed by atoms with Crippen LogP contribution < -0.4 is 9.47 Å². The summed E-state index contributed by atoms with van der Waals surface area (Å²) in [4.78, 5) is 10.5. The van der Waals surface area contributed by atoms with Crippen molar-refractivity contribution in [3.63, 3.8) is 0 Å². The molecule has 2 rings (SSSR count). The molecule has 0 saturated carbocycles. The molecule has 15 heavy (non-hydrogen) atoms. The van der Waals surface area contributed by atoms with E-state index in [1.54, 1.807) is 32.4 Å². The first-order chi connectivity index (χ1) is 7.28. The Hall–Kier alpha value is -1.97. The number of aldehydes is 1. The molecule has 78 valence electrons. The van der Waals surface area contributed by atoms with Crippen LogP contribution in [0.2, 0.25) is 0 Å². The lowest BCUT2D eigenvalue weighted by atomic mass is 10.2. The van der Waals surface area contributed by atoms with Gasteiger partial charge in [0.1, 0.15) is 5.58 Å². The van der Waals surface area contributed by atoms with Gasteiger partial charge in [-0.1, -0.05) is 0 Å². The van der Waals surface area contributed by atoms with E-state index in [1.807, 2.05) is 0 Å². The molecule has 0 bridgehead atoms. The van der Waals surface area contributed by atoms with Crippen molar-refractivity contribution in [3.05, 3.63) is 24.0 Å². The summed E-state index contributed by atoms with van der Waals surface area (Å²) in [6.07, 6.45) is 0.666. The van der Waals surface area contributed by atoms with E-state index in [-0.39, 0.29) is 0 Å². The first kappa shape index (κ1) is 9.58. The Kier molecular flexibility index (Phi) is 2.33. The molecule has 1 aromatic carbocycles. The average Bonchev–Trinajstić information content (AvgIpc) is 2.68. The summed E-state index contributed by atoms with van der Waals surface area (Å²) in [5.74, 6) is 1.49. The van der Waals surface area contributed by atoms with Crippen molar-refractivity contribution in [2.45, 2.75) is 0 Å². The number of furan rings is 1. The number of ether oxygens (including phenoxy) is 2. The van der Waals surface area contributed by atoms with E-state index in [9.17, 15) is 4.79 Å². The van der Waals surface area contributed by atoms with Crippen LogP contribution >= 0.6 is 0 Å². The number of fused-ring (bicyclic) bond motifs is 1. The number of rotatable bonds is 3. The summed E-state index contributed by atoms with van der Waals surface area (Å²) in [5.41, 5.74) is 0.606. The van der Waals surface area contributed by atoms with Gasteiger partial charge >= 0.3 is 0 Å². The van der Waals surface area contributed by atoms with Crippen LogP contribution in [0.1, 0.15) is 10.6 Å². The van der Waals surface area contributed by atoms with E-state index < -0.39 is 0 Å². The van der Waals surface area contributed by atoms with E-state index in [0.717, 1.165) is 5.39 Å². The third-order valence-electron chi connectivity index (χ3n) is 2.16. The van der Waals surface area contributed by atoms with Crippen molar-refractivity contribution in [1.29, 1.82) is 0 Å². The molecule has 0 unspecified atom stereocenters. The van der Waals surface area contributed by atoms with Crippen LogP contribution in [-0.2, 0) is 0 Å². The fourth-order valence-corrected chi connectivity index (χ4v) is 1.45. The van der Waals surface area contributed by atoms with Gasteiger partial charge in [0.25, 0.3) is 0 Å². The average molecular weight is 206 g/mol. The minimum Gasteiger partial charge on any atom is -0.493 e. The molecule has 0 spiro atoms. The molecular weight excluding hydrogens is 196 g/mol. The maximum absolute atomic E-state index is 10.5. The van der Waals surface area contributed by atoms with Gasteiger partial charge in [0.05, 0.1) is 14.2 Å². The topological polar surface area (TPSA) is 48.7 Å². The van der Waals surface area contributed by atoms with E-state index in [1.165, 1.54) is 0 Å². The summed E-state index contributed by atoms with van der Waals surface area (Å²) in [5, 5.41) is 0.815. The highest BCUT2D eigenvalue weighted by atomic mass is 16.5. The molecule has 0 aliphatic carbocycles. The molecule has 2 aromatic rings. The molecule has 4 nitrogen and oxygen atoms in total. The maximum Gasteiger partial charge on any atom is 0.185 e. The van der Waals surface area contributed by atoms with Crippen LogP contribution in [0.3, 0.4) is 0 Å². The van der Waals surface area contributed by atoms with E-state index >= 15 is 0 Å². The van der Waals surface area contributed by atoms with Crippen molar-refractivity contribution in [3.8, 4) is 11.5 Å². The molecule has 1 aromatic heterocycles. The van der Waals surface area contributed by atoms with Crippen LogP contribution in [0.5, 0.6) is 11.5 Å². The van der Waals surface area contributed by atoms with Crippen LogP contribution in [0.15, 0.2) is 22.6 Å². The normalized spacial score (nSPS) is 10.3. The van der Waals surface area contributed by atoms with Gasteiger partial charge in [-0.2, -0.15) is 0 Å². The Labute approximate surface area is 86.4 Å². The fraction of sp³-hybridized carbons (Fsp3) is 0.182. The summed E-state index contributed by atoms with van der Waals surface area (Å²) in [6.45, 7) is 0. The number of carbonyl (C=O) groups excluding carboxylic acids is 1. The summed E-state index contributed by atoms with van der Waals surface area (Å²) in [7, 11) is 3.11. The highest BCUT2D eigenvalue weighted by molar-refractivity contribution is 5.87. The zero-order valence-corrected chi connectivity index (χ0v) is 8.44. The van der Waals surface area contributed by atoms with Crippen molar-refractivity contribution >= 4 is 17.3 Å². The van der Waals surface area contributed by atoms with Crippen molar-refractivity contribution in [2.75, 3.05) is 14.2 Å². The Morgan fingerprint density at radius 2 is 1.80 bits per heavy atom. The monoisotopic (exact) mass is 206 g/mol. The predicted octanol–water partition coefficient (Wildman–Crippen LogP) is 2.26. The van der Waals surface area contributed by atoms with Gasteiger partial charge < -0.3 is 13.9 Å². The van der Waals surface area contributed by atoms with E-state index in [0.29, 0.717) is 29.1 Å². The number of carbonyl (C=O) groups is 1. The number of hydrogen-bond acceptors (Lipinski definition) is 4. The molecule has 0 aliphatic rings. The molecule has 4 heteroatoms. The van der Waals surface area contributed by atoms with Gasteiger partial charge in [-0.3, -0.25) is 4.79 Å². The van der Waals surface area contributed by atoms with Crippen LogP contribution in [0.25, 0.3) is 11.0 Å². The molecule has 0 saturated heterocycles. The van der Waals surface area contributed by atoms with Crippen LogP contribution in [-0.4, -0.2) is 20.5 Å². The number of hydrogen-bond donors (Lipinski definition) is 0. The van der Waals surface area contributed by atoms with Crippen molar-refractivity contribution < 1.29 is 18.7 Å². The number of benzene rings is 1. The second-order valence-corrected chi connectivity index (χ2v) is 3.01. The molecule has 0 radical (unpaired) electrons. The maximum atomic E-state index is 10.5. The lowest BCUT2D eigenvalue weighted by Gasteiger charge is -2.06. The van der Waals surface area contributed by atoms with Crippen molar-refractivity contribution in [1.82, 2.24) is 0 Å². The summed E-state index contributed by atoms with van der Waals surface area (Å²) >= 11 is 0. The van der Waals surface area contributed by atoms with Crippen molar-refractivity contribution in [2.24, 2.45) is 0 Å². The molecular formula is C11H10O4.